The summed E-state index contributed by atoms with van der Waals surface area (Å²) in [4.78, 5) is 6.50. The van der Waals surface area contributed by atoms with Crippen LogP contribution in [0.25, 0.3) is 0 Å². The molecule has 0 saturated carbocycles. The molecule has 0 saturated heterocycles. The smallest absolute Gasteiger partial charge is 0.138 e. The van der Waals surface area contributed by atoms with E-state index in [4.69, 9.17) is 0 Å². The van der Waals surface area contributed by atoms with Gasteiger partial charge in [-0.15, -0.1) is 0 Å². The number of aromatic hydroxyl groups is 1. The van der Waals surface area contributed by atoms with Gasteiger partial charge < -0.3 is 10.0 Å². The van der Waals surface area contributed by atoms with Crippen LogP contribution in [0.2, 0.25) is 0 Å². The van der Waals surface area contributed by atoms with Crippen molar-refractivity contribution in [3.63, 3.8) is 0 Å². The van der Waals surface area contributed by atoms with Gasteiger partial charge in [0.15, 0.2) is 0 Å². The van der Waals surface area contributed by atoms with E-state index in [0.717, 1.165) is 17.9 Å². The number of phenolic OH excluding ortho intramolecular Hbond substituents is 1. The highest BCUT2D eigenvalue weighted by atomic mass is 32.1. The summed E-state index contributed by atoms with van der Waals surface area (Å²) in [5.74, 6) is 1.01. The molecule has 0 aliphatic carbocycles. The molecule has 3 nitrogen and oxygen atoms in total. The maximum Gasteiger partial charge on any atom is 0.138 e. The van der Waals surface area contributed by atoms with Crippen molar-refractivity contribution < 1.29 is 5.11 Å². The molecule has 0 aliphatic heterocycles. The van der Waals surface area contributed by atoms with Crippen LogP contribution in [0.3, 0.4) is 0 Å². The molecule has 1 aromatic carbocycles. The van der Waals surface area contributed by atoms with Crippen LogP contribution in [-0.2, 0) is 12.0 Å². The molecular weight excluding hydrogens is 292 g/mol. The normalized spacial score (nSPS) is 11.5. The number of benzene rings is 1. The van der Waals surface area contributed by atoms with Gasteiger partial charge in [0.1, 0.15) is 5.75 Å². The van der Waals surface area contributed by atoms with Crippen LogP contribution in [0.15, 0.2) is 42.6 Å². The average molecular weight is 316 g/mol. The molecule has 0 bridgehead atoms. The maximum atomic E-state index is 10.3. The second-order valence-electron chi connectivity index (χ2n) is 6.42. The molecule has 0 fully saturated rings. The Hall–Kier alpha value is -1.68. The van der Waals surface area contributed by atoms with Gasteiger partial charge in [-0.3, -0.25) is 4.98 Å². The number of thiol groups is 1. The summed E-state index contributed by atoms with van der Waals surface area (Å²) in [5, 5.41) is 10.3. The Bertz CT molecular complexity index is 608. The summed E-state index contributed by atoms with van der Waals surface area (Å²) in [6, 6.07) is 11.7. The van der Waals surface area contributed by atoms with E-state index in [9.17, 15) is 5.11 Å². The first-order chi connectivity index (χ1) is 10.4. The van der Waals surface area contributed by atoms with E-state index >= 15 is 0 Å². The predicted molar refractivity (Wildman–Crippen MR) is 95.9 cm³/mol. The fourth-order valence-electron chi connectivity index (χ4n) is 2.34. The van der Waals surface area contributed by atoms with Gasteiger partial charge in [0.25, 0.3) is 0 Å². The number of hydrogen-bond acceptors (Lipinski definition) is 4. The van der Waals surface area contributed by atoms with Crippen LogP contribution >= 0.6 is 12.6 Å². The zero-order chi connectivity index (χ0) is 16.2. The lowest BCUT2D eigenvalue weighted by atomic mass is 9.86. The first-order valence-corrected chi connectivity index (χ1v) is 8.14. The van der Waals surface area contributed by atoms with E-state index in [1.807, 2.05) is 24.3 Å². The summed E-state index contributed by atoms with van der Waals surface area (Å²) < 4.78 is 0. The van der Waals surface area contributed by atoms with Crippen LogP contribution in [0.5, 0.6) is 5.75 Å². The zero-order valence-corrected chi connectivity index (χ0v) is 14.3. The molecule has 2 aromatic rings. The Morgan fingerprint density at radius 1 is 1.18 bits per heavy atom. The molecule has 0 amide bonds. The lowest BCUT2D eigenvalue weighted by Crippen LogP contribution is -2.26. The Morgan fingerprint density at radius 2 is 1.95 bits per heavy atom. The van der Waals surface area contributed by atoms with E-state index in [1.165, 1.54) is 5.56 Å². The number of phenols is 1. The van der Waals surface area contributed by atoms with Crippen LogP contribution in [-0.4, -0.2) is 22.4 Å². The van der Waals surface area contributed by atoms with Crippen LogP contribution in [0.1, 0.15) is 32.0 Å². The van der Waals surface area contributed by atoms with Gasteiger partial charge in [0, 0.05) is 18.5 Å². The first-order valence-electron chi connectivity index (χ1n) is 7.51. The van der Waals surface area contributed by atoms with Crippen LogP contribution < -0.4 is 4.90 Å². The third-order valence-corrected chi connectivity index (χ3v) is 3.83. The zero-order valence-electron chi connectivity index (χ0n) is 13.5. The monoisotopic (exact) mass is 316 g/mol. The standard InChI is InChI=1S/C18H24N2OS/c1-18(2,3)14-7-8-17(21)16(12-14)20(10-11-22)13-15-6-4-5-9-19-15/h4-9,12,21-22H,10-11,13H2,1-3H3. The lowest BCUT2D eigenvalue weighted by Gasteiger charge is -2.27. The van der Waals surface area contributed by atoms with Gasteiger partial charge in [-0.25, -0.2) is 0 Å². The van der Waals surface area contributed by atoms with Crippen molar-refractivity contribution in [3.8, 4) is 5.75 Å². The summed E-state index contributed by atoms with van der Waals surface area (Å²) in [6.45, 7) is 7.92. The molecule has 1 aromatic heterocycles. The fourth-order valence-corrected chi connectivity index (χ4v) is 2.58. The molecule has 0 atom stereocenters. The minimum Gasteiger partial charge on any atom is -0.506 e. The van der Waals surface area contributed by atoms with Gasteiger partial charge in [0.2, 0.25) is 0 Å². The first kappa shape index (κ1) is 16.7. The van der Waals surface area contributed by atoms with Crippen molar-refractivity contribution in [1.29, 1.82) is 0 Å². The molecule has 0 unspecified atom stereocenters. The Labute approximate surface area is 138 Å². The molecule has 1 heterocycles. The van der Waals surface area contributed by atoms with E-state index < -0.39 is 0 Å². The fraction of sp³-hybridized carbons (Fsp3) is 0.389. The lowest BCUT2D eigenvalue weighted by molar-refractivity contribution is 0.472. The predicted octanol–water partition coefficient (Wildman–Crippen LogP) is 4.02. The second kappa shape index (κ2) is 7.05. The summed E-state index contributed by atoms with van der Waals surface area (Å²) in [6.07, 6.45) is 1.79. The molecule has 118 valence electrons. The van der Waals surface area contributed by atoms with Gasteiger partial charge >= 0.3 is 0 Å². The third-order valence-electron chi connectivity index (χ3n) is 3.63. The molecule has 0 aliphatic rings. The minimum atomic E-state index is 0.0417. The van der Waals surface area contributed by atoms with E-state index in [1.54, 1.807) is 12.3 Å². The number of nitrogens with zero attached hydrogens (tertiary/aromatic N) is 2. The quantitative estimate of drug-likeness (QED) is 0.818. The summed E-state index contributed by atoms with van der Waals surface area (Å²) in [5.41, 5.74) is 3.06. The molecule has 1 N–H and O–H groups in total. The highest BCUT2D eigenvalue weighted by molar-refractivity contribution is 7.80. The van der Waals surface area contributed by atoms with Crippen molar-refractivity contribution in [3.05, 3.63) is 53.9 Å². The SMILES string of the molecule is CC(C)(C)c1ccc(O)c(N(CCS)Cc2ccccn2)c1. The van der Waals surface area contributed by atoms with E-state index in [0.29, 0.717) is 18.0 Å². The van der Waals surface area contributed by atoms with Crippen molar-refractivity contribution in [2.75, 3.05) is 17.2 Å². The Kier molecular flexibility index (Phi) is 5.35. The number of hydrogen-bond donors (Lipinski definition) is 2. The maximum absolute atomic E-state index is 10.3. The largest absolute Gasteiger partial charge is 0.506 e. The second-order valence-corrected chi connectivity index (χ2v) is 6.87. The van der Waals surface area contributed by atoms with Gasteiger partial charge in [-0.2, -0.15) is 12.6 Å². The van der Waals surface area contributed by atoms with Crippen molar-refractivity contribution in [1.82, 2.24) is 4.98 Å². The van der Waals surface area contributed by atoms with Crippen LogP contribution in [0.4, 0.5) is 5.69 Å². The average Bonchev–Trinajstić information content (AvgIpc) is 2.47. The highest BCUT2D eigenvalue weighted by Crippen LogP contribution is 2.33. The molecule has 0 radical (unpaired) electrons. The number of aromatic nitrogens is 1. The molecule has 22 heavy (non-hydrogen) atoms. The van der Waals surface area contributed by atoms with Gasteiger partial charge in [0.05, 0.1) is 17.9 Å². The topological polar surface area (TPSA) is 36.4 Å². The molecular formula is C18H24N2OS. The summed E-state index contributed by atoms with van der Waals surface area (Å²) in [7, 11) is 0. The van der Waals surface area contributed by atoms with Crippen molar-refractivity contribution >= 4 is 18.3 Å². The van der Waals surface area contributed by atoms with Gasteiger partial charge in [-0.05, 0) is 35.2 Å². The number of rotatable bonds is 5. The highest BCUT2D eigenvalue weighted by Gasteiger charge is 2.18. The summed E-state index contributed by atoms with van der Waals surface area (Å²) >= 11 is 4.35. The van der Waals surface area contributed by atoms with E-state index in [-0.39, 0.29) is 5.41 Å². The van der Waals surface area contributed by atoms with Gasteiger partial charge in [-0.1, -0.05) is 32.9 Å². The molecule has 0 spiro atoms. The molecule has 4 heteroatoms. The Morgan fingerprint density at radius 3 is 2.55 bits per heavy atom. The number of pyridine rings is 1. The van der Waals surface area contributed by atoms with E-state index in [2.05, 4.69) is 49.4 Å². The molecule has 2 rings (SSSR count). The van der Waals surface area contributed by atoms with Crippen molar-refractivity contribution in [2.45, 2.75) is 32.7 Å². The third kappa shape index (κ3) is 4.17. The number of anilines is 1. The van der Waals surface area contributed by atoms with Crippen LogP contribution in [0, 0.1) is 0 Å². The Balaban J connectivity index is 2.35. The van der Waals surface area contributed by atoms with Crippen molar-refractivity contribution in [2.24, 2.45) is 0 Å². The minimum absolute atomic E-state index is 0.0417.